The first-order valence-corrected chi connectivity index (χ1v) is 5.77. The Hall–Kier alpha value is -1.71. The molecule has 5 heteroatoms. The van der Waals surface area contributed by atoms with Crippen LogP contribution >= 0.6 is 23.2 Å². The van der Waals surface area contributed by atoms with E-state index in [0.29, 0.717) is 21.2 Å². The second-order valence-corrected chi connectivity index (χ2v) is 4.47. The molecule has 0 radical (unpaired) electrons. The predicted molar refractivity (Wildman–Crippen MR) is 70.5 cm³/mol. The number of halogens is 2. The molecule has 0 spiro atoms. The minimum atomic E-state index is -1.19. The van der Waals surface area contributed by atoms with Gasteiger partial charge in [0.2, 0.25) is 0 Å². The Morgan fingerprint density at radius 3 is 2.39 bits per heavy atom. The zero-order chi connectivity index (χ0) is 13.3. The highest BCUT2D eigenvalue weighted by atomic mass is 35.5. The molecule has 0 saturated heterocycles. The molecule has 2 N–H and O–H groups in total. The van der Waals surface area contributed by atoms with Crippen LogP contribution in [0, 0.1) is 0 Å². The van der Waals surface area contributed by atoms with Crippen LogP contribution in [-0.4, -0.2) is 16.2 Å². The molecular formula is C13H8Cl2O3. The van der Waals surface area contributed by atoms with Crippen LogP contribution in [0.15, 0.2) is 36.4 Å². The maximum atomic E-state index is 10.9. The topological polar surface area (TPSA) is 57.5 Å². The number of benzene rings is 2. The second kappa shape index (κ2) is 4.88. The van der Waals surface area contributed by atoms with Crippen LogP contribution in [0.2, 0.25) is 10.0 Å². The molecular weight excluding hydrogens is 275 g/mol. The Balaban J connectivity index is 2.64. The number of carboxylic acids is 1. The van der Waals surface area contributed by atoms with Crippen molar-refractivity contribution in [1.29, 1.82) is 0 Å². The van der Waals surface area contributed by atoms with E-state index in [2.05, 4.69) is 0 Å². The molecule has 0 heterocycles. The van der Waals surface area contributed by atoms with Gasteiger partial charge in [0, 0.05) is 16.1 Å². The zero-order valence-corrected chi connectivity index (χ0v) is 10.5. The molecule has 0 amide bonds. The van der Waals surface area contributed by atoms with E-state index >= 15 is 0 Å². The number of carbonyl (C=O) groups is 1. The number of aromatic carboxylic acids is 1. The summed E-state index contributed by atoms with van der Waals surface area (Å²) in [7, 11) is 0. The van der Waals surface area contributed by atoms with Crippen LogP contribution in [0.4, 0.5) is 0 Å². The Labute approximate surface area is 113 Å². The Morgan fingerprint density at radius 2 is 1.78 bits per heavy atom. The molecule has 0 saturated carbocycles. The van der Waals surface area contributed by atoms with Gasteiger partial charge < -0.3 is 10.2 Å². The average Bonchev–Trinajstić information content (AvgIpc) is 2.30. The van der Waals surface area contributed by atoms with Crippen LogP contribution in [0.1, 0.15) is 10.4 Å². The second-order valence-electron chi connectivity index (χ2n) is 3.63. The summed E-state index contributed by atoms with van der Waals surface area (Å²) in [5.41, 5.74) is 0.719. The fourth-order valence-electron chi connectivity index (χ4n) is 1.64. The normalized spacial score (nSPS) is 10.3. The largest absolute Gasteiger partial charge is 0.506 e. The van der Waals surface area contributed by atoms with Crippen molar-refractivity contribution in [3.63, 3.8) is 0 Å². The van der Waals surface area contributed by atoms with Crippen LogP contribution in [0.3, 0.4) is 0 Å². The summed E-state index contributed by atoms with van der Waals surface area (Å²) in [6, 6.07) is 9.25. The van der Waals surface area contributed by atoms with E-state index in [1.165, 1.54) is 12.1 Å². The van der Waals surface area contributed by atoms with E-state index in [1.54, 1.807) is 24.3 Å². The standard InChI is InChI=1S/C13H8Cl2O3/c14-7-4-5-8(11(15)6-7)9-2-1-3-10(12(9)16)13(17)18/h1-6,16H,(H,17,18). The highest BCUT2D eigenvalue weighted by Gasteiger charge is 2.15. The summed E-state index contributed by atoms with van der Waals surface area (Å²) in [5.74, 6) is -1.51. The third-order valence-electron chi connectivity index (χ3n) is 2.49. The first kappa shape index (κ1) is 12.7. The lowest BCUT2D eigenvalue weighted by molar-refractivity contribution is 0.0694. The van der Waals surface area contributed by atoms with Crippen molar-refractivity contribution in [2.45, 2.75) is 0 Å². The van der Waals surface area contributed by atoms with Gasteiger partial charge in [-0.25, -0.2) is 4.79 Å². The van der Waals surface area contributed by atoms with Crippen molar-refractivity contribution < 1.29 is 15.0 Å². The number of aromatic hydroxyl groups is 1. The summed E-state index contributed by atoms with van der Waals surface area (Å²) in [5, 5.41) is 19.7. The van der Waals surface area contributed by atoms with Gasteiger partial charge in [0.1, 0.15) is 11.3 Å². The monoisotopic (exact) mass is 282 g/mol. The van der Waals surface area contributed by atoms with Crippen molar-refractivity contribution in [3.8, 4) is 16.9 Å². The predicted octanol–water partition coefficient (Wildman–Crippen LogP) is 4.06. The van der Waals surface area contributed by atoms with E-state index in [-0.39, 0.29) is 11.3 Å². The molecule has 0 bridgehead atoms. The zero-order valence-electron chi connectivity index (χ0n) is 9.02. The third kappa shape index (κ3) is 2.28. The van der Waals surface area contributed by atoms with Crippen molar-refractivity contribution in [2.75, 3.05) is 0 Å². The van der Waals surface area contributed by atoms with Gasteiger partial charge in [-0.05, 0) is 18.2 Å². The van der Waals surface area contributed by atoms with E-state index in [1.807, 2.05) is 0 Å². The molecule has 0 atom stereocenters. The summed E-state index contributed by atoms with van der Waals surface area (Å²) in [6.07, 6.45) is 0. The Kier molecular flexibility index (Phi) is 3.45. The molecule has 2 rings (SSSR count). The molecule has 2 aromatic carbocycles. The van der Waals surface area contributed by atoms with Crippen molar-refractivity contribution in [1.82, 2.24) is 0 Å². The number of hydrogen-bond donors (Lipinski definition) is 2. The van der Waals surface area contributed by atoms with Gasteiger partial charge in [-0.3, -0.25) is 0 Å². The fraction of sp³-hybridized carbons (Fsp3) is 0. The van der Waals surface area contributed by atoms with E-state index in [9.17, 15) is 9.90 Å². The Morgan fingerprint density at radius 1 is 1.06 bits per heavy atom. The SMILES string of the molecule is O=C(O)c1cccc(-c2ccc(Cl)cc2Cl)c1O. The van der Waals surface area contributed by atoms with Crippen LogP contribution in [0.25, 0.3) is 11.1 Å². The molecule has 0 aliphatic carbocycles. The average molecular weight is 283 g/mol. The molecule has 92 valence electrons. The van der Waals surface area contributed by atoms with E-state index in [4.69, 9.17) is 28.3 Å². The molecule has 18 heavy (non-hydrogen) atoms. The number of carboxylic acid groups (broad SMARTS) is 1. The Bertz CT molecular complexity index is 624. The van der Waals surface area contributed by atoms with Crippen LogP contribution in [0.5, 0.6) is 5.75 Å². The lowest BCUT2D eigenvalue weighted by atomic mass is 10.0. The lowest BCUT2D eigenvalue weighted by Gasteiger charge is -2.09. The van der Waals surface area contributed by atoms with Gasteiger partial charge in [0.15, 0.2) is 0 Å². The summed E-state index contributed by atoms with van der Waals surface area (Å²) >= 11 is 11.8. The van der Waals surface area contributed by atoms with Crippen LogP contribution in [-0.2, 0) is 0 Å². The fourth-order valence-corrected chi connectivity index (χ4v) is 2.15. The smallest absolute Gasteiger partial charge is 0.339 e. The van der Waals surface area contributed by atoms with Crippen LogP contribution < -0.4 is 0 Å². The van der Waals surface area contributed by atoms with Gasteiger partial charge in [-0.1, -0.05) is 41.4 Å². The van der Waals surface area contributed by atoms with Gasteiger partial charge >= 0.3 is 5.97 Å². The number of hydrogen-bond acceptors (Lipinski definition) is 2. The van der Waals surface area contributed by atoms with Gasteiger partial charge in [-0.2, -0.15) is 0 Å². The molecule has 0 unspecified atom stereocenters. The van der Waals surface area contributed by atoms with Crippen molar-refractivity contribution in [3.05, 3.63) is 52.0 Å². The summed E-state index contributed by atoms with van der Waals surface area (Å²) in [6.45, 7) is 0. The minimum absolute atomic E-state index is 0.168. The third-order valence-corrected chi connectivity index (χ3v) is 3.04. The highest BCUT2D eigenvalue weighted by molar-refractivity contribution is 6.36. The number of rotatable bonds is 2. The molecule has 0 aromatic heterocycles. The van der Waals surface area contributed by atoms with E-state index in [0.717, 1.165) is 0 Å². The molecule has 2 aromatic rings. The van der Waals surface area contributed by atoms with Crippen molar-refractivity contribution >= 4 is 29.2 Å². The quantitative estimate of drug-likeness (QED) is 0.873. The molecule has 3 nitrogen and oxygen atoms in total. The highest BCUT2D eigenvalue weighted by Crippen LogP contribution is 2.37. The number of phenols is 1. The first-order valence-electron chi connectivity index (χ1n) is 5.01. The number of para-hydroxylation sites is 1. The van der Waals surface area contributed by atoms with Gasteiger partial charge in [-0.15, -0.1) is 0 Å². The molecule has 0 aliphatic heterocycles. The maximum absolute atomic E-state index is 10.9. The molecule has 0 aliphatic rings. The summed E-state index contributed by atoms with van der Waals surface area (Å²) in [4.78, 5) is 10.9. The molecule has 0 fully saturated rings. The summed E-state index contributed by atoms with van der Waals surface area (Å²) < 4.78 is 0. The van der Waals surface area contributed by atoms with E-state index < -0.39 is 5.97 Å². The van der Waals surface area contributed by atoms with Crippen molar-refractivity contribution in [2.24, 2.45) is 0 Å². The minimum Gasteiger partial charge on any atom is -0.506 e. The maximum Gasteiger partial charge on any atom is 0.339 e. The first-order chi connectivity index (χ1) is 8.50. The van der Waals surface area contributed by atoms with Gasteiger partial charge in [0.25, 0.3) is 0 Å². The lowest BCUT2D eigenvalue weighted by Crippen LogP contribution is -1.97. The van der Waals surface area contributed by atoms with Gasteiger partial charge in [0.05, 0.1) is 5.02 Å².